The van der Waals surface area contributed by atoms with E-state index < -0.39 is 5.60 Å². The highest BCUT2D eigenvalue weighted by Crippen LogP contribution is 2.38. The summed E-state index contributed by atoms with van der Waals surface area (Å²) >= 11 is 0. The molecule has 2 heterocycles. The normalized spacial score (nSPS) is 13.8. The van der Waals surface area contributed by atoms with Crippen molar-refractivity contribution < 1.29 is 5.11 Å². The van der Waals surface area contributed by atoms with Crippen LogP contribution in [0, 0.1) is 0 Å². The third-order valence-corrected chi connectivity index (χ3v) is 4.31. The zero-order valence-corrected chi connectivity index (χ0v) is 15.2. The molecular formula is C20H24N4O. The van der Waals surface area contributed by atoms with E-state index in [9.17, 15) is 5.11 Å². The lowest BCUT2D eigenvalue weighted by atomic mass is 9.96. The van der Waals surface area contributed by atoms with E-state index in [1.165, 1.54) is 0 Å². The highest BCUT2D eigenvalue weighted by molar-refractivity contribution is 5.92. The van der Waals surface area contributed by atoms with Gasteiger partial charge in [-0.2, -0.15) is 0 Å². The van der Waals surface area contributed by atoms with E-state index in [-0.39, 0.29) is 0 Å². The molecule has 3 rings (SSSR count). The van der Waals surface area contributed by atoms with E-state index >= 15 is 0 Å². The highest BCUT2D eigenvalue weighted by Gasteiger charge is 2.21. The second-order valence-corrected chi connectivity index (χ2v) is 6.72. The van der Waals surface area contributed by atoms with E-state index in [1.807, 2.05) is 49.2 Å². The number of hydrogen-bond donors (Lipinski definition) is 2. The van der Waals surface area contributed by atoms with Crippen LogP contribution in [-0.4, -0.2) is 34.9 Å². The van der Waals surface area contributed by atoms with E-state index in [2.05, 4.69) is 16.9 Å². The number of anilines is 1. The van der Waals surface area contributed by atoms with Crippen LogP contribution in [-0.2, 0) is 5.60 Å². The number of benzene rings is 1. The van der Waals surface area contributed by atoms with Crippen LogP contribution in [0.4, 0.5) is 11.5 Å². The maximum Gasteiger partial charge on any atom is 0.138 e. The van der Waals surface area contributed by atoms with Crippen molar-refractivity contribution in [2.75, 3.05) is 18.9 Å². The van der Waals surface area contributed by atoms with Crippen LogP contribution in [0.3, 0.4) is 0 Å². The molecule has 2 aromatic rings. The van der Waals surface area contributed by atoms with Crippen molar-refractivity contribution in [3.8, 4) is 11.3 Å². The molecule has 5 nitrogen and oxygen atoms in total. The van der Waals surface area contributed by atoms with Crippen molar-refractivity contribution in [3.05, 3.63) is 48.0 Å². The van der Waals surface area contributed by atoms with Gasteiger partial charge in [-0.15, -0.1) is 0 Å². The Bertz CT molecular complexity index is 832. The summed E-state index contributed by atoms with van der Waals surface area (Å²) in [6, 6.07) is 9.79. The van der Waals surface area contributed by atoms with Gasteiger partial charge in [0, 0.05) is 24.9 Å². The first-order chi connectivity index (χ1) is 11.8. The largest absolute Gasteiger partial charge is 0.386 e. The molecule has 2 N–H and O–H groups in total. The van der Waals surface area contributed by atoms with Gasteiger partial charge in [0.25, 0.3) is 0 Å². The zero-order valence-electron chi connectivity index (χ0n) is 15.2. The summed E-state index contributed by atoms with van der Waals surface area (Å²) in [6.07, 6.45) is 1.77. The molecule has 0 atom stereocenters. The van der Waals surface area contributed by atoms with Gasteiger partial charge in [0.15, 0.2) is 0 Å². The van der Waals surface area contributed by atoms with E-state index in [4.69, 9.17) is 4.98 Å². The summed E-state index contributed by atoms with van der Waals surface area (Å²) in [5.74, 6) is 0.787. The molecule has 0 fully saturated rings. The van der Waals surface area contributed by atoms with Gasteiger partial charge in [0.1, 0.15) is 5.82 Å². The summed E-state index contributed by atoms with van der Waals surface area (Å²) in [5.41, 5.74) is 4.50. The Labute approximate surface area is 148 Å². The Morgan fingerprint density at radius 2 is 1.92 bits per heavy atom. The number of aliphatic hydroxyl groups is 1. The number of nitrogens with one attached hydrogen (secondary N) is 1. The Morgan fingerprint density at radius 1 is 1.24 bits per heavy atom. The maximum absolute atomic E-state index is 10.1. The fraction of sp³-hybridized carbons (Fsp3) is 0.300. The third-order valence-electron chi connectivity index (χ3n) is 4.31. The van der Waals surface area contributed by atoms with Gasteiger partial charge in [0.2, 0.25) is 0 Å². The van der Waals surface area contributed by atoms with Crippen molar-refractivity contribution in [2.45, 2.75) is 26.4 Å². The van der Waals surface area contributed by atoms with Gasteiger partial charge in [-0.3, -0.25) is 0 Å². The van der Waals surface area contributed by atoms with Crippen molar-refractivity contribution in [1.82, 2.24) is 9.88 Å². The van der Waals surface area contributed by atoms with Gasteiger partial charge < -0.3 is 15.3 Å². The lowest BCUT2D eigenvalue weighted by molar-refractivity contribution is 0.0786. The first-order valence-electron chi connectivity index (χ1n) is 8.39. The Balaban J connectivity index is 2.09. The van der Waals surface area contributed by atoms with Crippen LogP contribution in [0.25, 0.3) is 17.0 Å². The van der Waals surface area contributed by atoms with Crippen LogP contribution in [0.2, 0.25) is 0 Å². The molecule has 0 radical (unpaired) electrons. The number of aliphatic imine (C=N–C) groups is 1. The predicted molar refractivity (Wildman–Crippen MR) is 104 cm³/mol. The summed E-state index contributed by atoms with van der Waals surface area (Å²) in [4.78, 5) is 11.2. The average molecular weight is 336 g/mol. The molecule has 0 saturated carbocycles. The summed E-state index contributed by atoms with van der Waals surface area (Å²) in [6.45, 7) is 10.5. The molecule has 0 saturated heterocycles. The number of rotatable bonds is 4. The monoisotopic (exact) mass is 336 g/mol. The molecule has 1 aliphatic rings. The second kappa shape index (κ2) is 6.33. The van der Waals surface area contributed by atoms with Crippen LogP contribution < -0.4 is 5.32 Å². The second-order valence-electron chi connectivity index (χ2n) is 6.72. The van der Waals surface area contributed by atoms with Crippen molar-refractivity contribution in [3.63, 3.8) is 0 Å². The fourth-order valence-corrected chi connectivity index (χ4v) is 2.80. The minimum absolute atomic E-state index is 0.765. The Kier molecular flexibility index (Phi) is 4.35. The van der Waals surface area contributed by atoms with Crippen molar-refractivity contribution >= 4 is 23.5 Å². The van der Waals surface area contributed by atoms with Crippen LogP contribution >= 0.6 is 0 Å². The zero-order chi connectivity index (χ0) is 18.2. The molecule has 0 amide bonds. The van der Waals surface area contributed by atoms with Gasteiger partial charge in [-0.25, -0.2) is 9.98 Å². The van der Waals surface area contributed by atoms with Gasteiger partial charge in [-0.1, -0.05) is 30.8 Å². The molecule has 1 aromatic carbocycles. The Hall–Kier alpha value is -2.66. The minimum Gasteiger partial charge on any atom is -0.386 e. The molecule has 5 heteroatoms. The van der Waals surface area contributed by atoms with E-state index in [1.54, 1.807) is 20.2 Å². The molecule has 130 valence electrons. The Morgan fingerprint density at radius 3 is 2.52 bits per heavy atom. The molecule has 25 heavy (non-hydrogen) atoms. The fourth-order valence-electron chi connectivity index (χ4n) is 2.80. The summed E-state index contributed by atoms with van der Waals surface area (Å²) in [5, 5.41) is 13.4. The van der Waals surface area contributed by atoms with Gasteiger partial charge in [0.05, 0.1) is 28.9 Å². The molecule has 0 unspecified atom stereocenters. The smallest absolute Gasteiger partial charge is 0.138 e. The van der Waals surface area contributed by atoms with Crippen LogP contribution in [0.1, 0.15) is 31.9 Å². The SMILES string of the molecule is C=C1c2c(cc(-c3ccc(C(C)(C)O)cc3)nc2NCC)N=CN1C. The lowest BCUT2D eigenvalue weighted by Crippen LogP contribution is -2.19. The van der Waals surface area contributed by atoms with Gasteiger partial charge in [-0.05, 0) is 32.4 Å². The minimum atomic E-state index is -0.858. The van der Waals surface area contributed by atoms with Crippen molar-refractivity contribution in [1.29, 1.82) is 0 Å². The standard InChI is InChI=1S/C20H24N4O/c1-6-21-19-18-13(2)24(5)12-22-17(18)11-16(23-19)14-7-9-15(10-8-14)20(3,4)25/h7-12,25H,2,6H2,1,3-5H3,(H,21,23). The summed E-state index contributed by atoms with van der Waals surface area (Å²) in [7, 11) is 1.92. The van der Waals surface area contributed by atoms with Crippen LogP contribution in [0.5, 0.6) is 0 Å². The molecule has 0 aliphatic carbocycles. The number of aromatic nitrogens is 1. The number of fused-ring (bicyclic) bond motifs is 1. The first kappa shape index (κ1) is 17.2. The highest BCUT2D eigenvalue weighted by atomic mass is 16.3. The molecular weight excluding hydrogens is 312 g/mol. The molecule has 1 aromatic heterocycles. The first-order valence-corrected chi connectivity index (χ1v) is 8.39. The van der Waals surface area contributed by atoms with E-state index in [0.29, 0.717) is 0 Å². The number of pyridine rings is 1. The average Bonchev–Trinajstić information content (AvgIpc) is 2.57. The number of nitrogens with zero attached hydrogens (tertiary/aromatic N) is 3. The lowest BCUT2D eigenvalue weighted by Gasteiger charge is -2.25. The quantitative estimate of drug-likeness (QED) is 0.886. The predicted octanol–water partition coefficient (Wildman–Crippen LogP) is 3.98. The van der Waals surface area contributed by atoms with Crippen LogP contribution in [0.15, 0.2) is 41.9 Å². The number of hydrogen-bond acceptors (Lipinski definition) is 5. The molecule has 0 spiro atoms. The van der Waals surface area contributed by atoms with E-state index in [0.717, 1.165) is 46.1 Å². The van der Waals surface area contributed by atoms with Gasteiger partial charge >= 0.3 is 0 Å². The topological polar surface area (TPSA) is 60.8 Å². The molecule has 1 aliphatic heterocycles. The maximum atomic E-state index is 10.1. The third kappa shape index (κ3) is 3.28. The summed E-state index contributed by atoms with van der Waals surface area (Å²) < 4.78 is 0. The molecule has 0 bridgehead atoms. The van der Waals surface area contributed by atoms with Crippen molar-refractivity contribution in [2.24, 2.45) is 4.99 Å².